The fourth-order valence-corrected chi connectivity index (χ4v) is 2.86. The monoisotopic (exact) mass is 449 g/mol. The van der Waals surface area contributed by atoms with Crippen LogP contribution in [0.2, 0.25) is 5.02 Å². The molecule has 0 spiro atoms. The van der Waals surface area contributed by atoms with E-state index in [0.29, 0.717) is 0 Å². The van der Waals surface area contributed by atoms with Crippen LogP contribution in [0.5, 0.6) is 0 Å². The van der Waals surface area contributed by atoms with Crippen LogP contribution in [-0.4, -0.2) is 21.0 Å². The topological polar surface area (TPSA) is 53.2 Å². The fourth-order valence-electron chi connectivity index (χ4n) is 2.08. The quantitative estimate of drug-likeness (QED) is 0.346. The SMILES string of the molecule is Cc1cccc(NC(=S)NC(NC(=O)c2ccccc2Cl)C(Cl)(Cl)Cl)c1. The predicted octanol–water partition coefficient (Wildman–Crippen LogP) is 5.06. The summed E-state index contributed by atoms with van der Waals surface area (Å²) in [6.45, 7) is 1.95. The maximum absolute atomic E-state index is 12.4. The number of aryl methyl sites for hydroxylation is 1. The first-order valence-electron chi connectivity index (χ1n) is 7.43. The van der Waals surface area contributed by atoms with Crippen molar-refractivity contribution < 1.29 is 4.79 Å². The number of thiocarbonyl (C=S) groups is 1. The van der Waals surface area contributed by atoms with Crippen LogP contribution in [-0.2, 0) is 0 Å². The van der Waals surface area contributed by atoms with Gasteiger partial charge in [-0.3, -0.25) is 4.79 Å². The second-order valence-corrected chi connectivity index (χ2v) is 8.58. The van der Waals surface area contributed by atoms with Gasteiger partial charge in [-0.15, -0.1) is 0 Å². The lowest BCUT2D eigenvalue weighted by Crippen LogP contribution is -2.56. The third kappa shape index (κ3) is 6.18. The average Bonchev–Trinajstić information content (AvgIpc) is 2.53. The van der Waals surface area contributed by atoms with Crippen molar-refractivity contribution in [1.29, 1.82) is 0 Å². The number of benzene rings is 2. The Morgan fingerprint density at radius 1 is 1.08 bits per heavy atom. The van der Waals surface area contributed by atoms with Crippen molar-refractivity contribution in [2.75, 3.05) is 5.32 Å². The predicted molar refractivity (Wildman–Crippen MR) is 114 cm³/mol. The van der Waals surface area contributed by atoms with Crippen LogP contribution >= 0.6 is 58.6 Å². The molecule has 0 fully saturated rings. The van der Waals surface area contributed by atoms with Gasteiger partial charge in [0.25, 0.3) is 5.91 Å². The van der Waals surface area contributed by atoms with Gasteiger partial charge in [-0.2, -0.15) is 0 Å². The summed E-state index contributed by atoms with van der Waals surface area (Å²) in [5, 5.41) is 8.83. The zero-order valence-electron chi connectivity index (χ0n) is 13.5. The van der Waals surface area contributed by atoms with Crippen molar-refractivity contribution in [3.8, 4) is 0 Å². The highest BCUT2D eigenvalue weighted by atomic mass is 35.6. The summed E-state index contributed by atoms with van der Waals surface area (Å²) >= 11 is 29.2. The summed E-state index contributed by atoms with van der Waals surface area (Å²) in [5.41, 5.74) is 2.08. The van der Waals surface area contributed by atoms with Gasteiger partial charge < -0.3 is 16.0 Å². The van der Waals surface area contributed by atoms with Crippen LogP contribution in [0.15, 0.2) is 48.5 Å². The van der Waals surface area contributed by atoms with E-state index in [9.17, 15) is 4.79 Å². The number of hydrogen-bond donors (Lipinski definition) is 3. The molecule has 0 aliphatic heterocycles. The van der Waals surface area contributed by atoms with Crippen LogP contribution < -0.4 is 16.0 Å². The first kappa shape index (κ1) is 21.1. The van der Waals surface area contributed by atoms with Crippen molar-refractivity contribution >= 4 is 75.3 Å². The van der Waals surface area contributed by atoms with Crippen molar-refractivity contribution in [1.82, 2.24) is 10.6 Å². The van der Waals surface area contributed by atoms with Crippen molar-refractivity contribution in [2.45, 2.75) is 16.9 Å². The summed E-state index contributed by atoms with van der Waals surface area (Å²) in [6, 6.07) is 14.1. The Labute approximate surface area is 177 Å². The average molecular weight is 451 g/mol. The van der Waals surface area contributed by atoms with Crippen molar-refractivity contribution in [2.24, 2.45) is 0 Å². The van der Waals surface area contributed by atoms with Crippen LogP contribution in [0, 0.1) is 6.92 Å². The zero-order valence-corrected chi connectivity index (χ0v) is 17.4. The van der Waals surface area contributed by atoms with E-state index in [1.807, 2.05) is 31.2 Å². The molecule has 26 heavy (non-hydrogen) atoms. The molecule has 0 bridgehead atoms. The summed E-state index contributed by atoms with van der Waals surface area (Å²) in [6.07, 6.45) is -1.08. The van der Waals surface area contributed by atoms with Gasteiger partial charge in [0.1, 0.15) is 6.17 Å². The second-order valence-electron chi connectivity index (χ2n) is 5.40. The Bertz CT molecular complexity index is 811. The lowest BCUT2D eigenvalue weighted by Gasteiger charge is -2.28. The number of carbonyl (C=O) groups excluding carboxylic acids is 1. The number of rotatable bonds is 4. The van der Waals surface area contributed by atoms with E-state index < -0.39 is 15.9 Å². The highest BCUT2D eigenvalue weighted by Crippen LogP contribution is 2.29. The largest absolute Gasteiger partial charge is 0.339 e. The molecule has 1 unspecified atom stereocenters. The van der Waals surface area contributed by atoms with Gasteiger partial charge in [-0.1, -0.05) is 70.7 Å². The van der Waals surface area contributed by atoms with Gasteiger partial charge in [0.05, 0.1) is 10.6 Å². The number of amides is 1. The van der Waals surface area contributed by atoms with E-state index in [1.54, 1.807) is 24.3 Å². The van der Waals surface area contributed by atoms with Gasteiger partial charge in [-0.25, -0.2) is 0 Å². The number of carbonyl (C=O) groups is 1. The highest BCUT2D eigenvalue weighted by molar-refractivity contribution is 7.80. The van der Waals surface area contributed by atoms with Gasteiger partial charge >= 0.3 is 0 Å². The van der Waals surface area contributed by atoms with Crippen LogP contribution in [0.1, 0.15) is 15.9 Å². The molecule has 0 saturated carbocycles. The van der Waals surface area contributed by atoms with E-state index in [0.717, 1.165) is 11.3 Å². The third-order valence-corrected chi connectivity index (χ3v) is 4.48. The zero-order chi connectivity index (χ0) is 19.3. The summed E-state index contributed by atoms with van der Waals surface area (Å²) in [7, 11) is 0. The lowest BCUT2D eigenvalue weighted by molar-refractivity contribution is 0.0934. The number of alkyl halides is 3. The Balaban J connectivity index is 2.09. The fraction of sp³-hybridized carbons (Fsp3) is 0.176. The molecule has 0 aliphatic carbocycles. The molecule has 3 N–H and O–H groups in total. The molecule has 4 nitrogen and oxygen atoms in total. The van der Waals surface area contributed by atoms with Crippen molar-refractivity contribution in [3.05, 3.63) is 64.7 Å². The molecule has 1 atom stereocenters. The number of nitrogens with one attached hydrogen (secondary N) is 3. The molecule has 2 rings (SSSR count). The van der Waals surface area contributed by atoms with E-state index >= 15 is 0 Å². The molecule has 1 amide bonds. The summed E-state index contributed by atoms with van der Waals surface area (Å²) < 4.78 is -1.85. The highest BCUT2D eigenvalue weighted by Gasteiger charge is 2.35. The Morgan fingerprint density at radius 3 is 2.38 bits per heavy atom. The molecular weight excluding hydrogens is 436 g/mol. The molecule has 0 aromatic heterocycles. The van der Waals surface area contributed by atoms with Gasteiger partial charge in [-0.05, 0) is 49.0 Å². The number of anilines is 1. The summed E-state index contributed by atoms with van der Waals surface area (Å²) in [5.74, 6) is -0.502. The maximum Gasteiger partial charge on any atom is 0.254 e. The van der Waals surface area contributed by atoms with Crippen LogP contribution in [0.25, 0.3) is 0 Å². The third-order valence-electron chi connectivity index (χ3n) is 3.27. The molecule has 9 heteroatoms. The number of halogens is 4. The minimum absolute atomic E-state index is 0.186. The van der Waals surface area contributed by atoms with E-state index in [4.69, 9.17) is 58.6 Å². The molecule has 2 aromatic rings. The maximum atomic E-state index is 12.4. The van der Waals surface area contributed by atoms with Gasteiger partial charge in [0.2, 0.25) is 3.79 Å². The van der Waals surface area contributed by atoms with Crippen LogP contribution in [0.4, 0.5) is 5.69 Å². The number of hydrogen-bond acceptors (Lipinski definition) is 2. The normalized spacial score (nSPS) is 12.2. The van der Waals surface area contributed by atoms with Crippen LogP contribution in [0.3, 0.4) is 0 Å². The molecule has 2 aromatic carbocycles. The first-order valence-corrected chi connectivity index (χ1v) is 9.35. The minimum Gasteiger partial charge on any atom is -0.339 e. The molecule has 0 heterocycles. The molecule has 0 radical (unpaired) electrons. The van der Waals surface area contributed by atoms with Crippen molar-refractivity contribution in [3.63, 3.8) is 0 Å². The Hall–Kier alpha value is -1.24. The standard InChI is InChI=1S/C17H15Cl4N3OS/c1-10-5-4-6-11(9-10)22-16(26)24-15(17(19,20)21)23-14(25)12-7-2-3-8-13(12)18/h2-9,15H,1H3,(H,23,25)(H2,22,24,26). The molecular formula is C17H15Cl4N3OS. The Morgan fingerprint density at radius 2 is 1.77 bits per heavy atom. The Kier molecular flexibility index (Phi) is 7.38. The smallest absolute Gasteiger partial charge is 0.254 e. The van der Waals surface area contributed by atoms with E-state index in [1.165, 1.54) is 0 Å². The van der Waals surface area contributed by atoms with Gasteiger partial charge in [0.15, 0.2) is 5.11 Å². The van der Waals surface area contributed by atoms with E-state index in [-0.39, 0.29) is 15.7 Å². The van der Waals surface area contributed by atoms with Gasteiger partial charge in [0, 0.05) is 5.69 Å². The second kappa shape index (κ2) is 9.11. The first-order chi connectivity index (χ1) is 12.2. The molecule has 138 valence electrons. The van der Waals surface area contributed by atoms with E-state index in [2.05, 4.69) is 16.0 Å². The lowest BCUT2D eigenvalue weighted by atomic mass is 10.2. The minimum atomic E-state index is -1.85. The molecule has 0 aliphatic rings. The molecule has 0 saturated heterocycles. The summed E-state index contributed by atoms with van der Waals surface area (Å²) in [4.78, 5) is 12.4.